The molecule has 0 bridgehead atoms. The van der Waals surface area contributed by atoms with Crippen molar-refractivity contribution in [3.63, 3.8) is 0 Å². The number of para-hydroxylation sites is 1. The minimum Gasteiger partial charge on any atom is -0.318 e. The van der Waals surface area contributed by atoms with Crippen molar-refractivity contribution in [3.05, 3.63) is 57.6 Å². The van der Waals surface area contributed by atoms with Gasteiger partial charge < -0.3 is 5.32 Å². The maximum atomic E-state index is 13.5. The van der Waals surface area contributed by atoms with Gasteiger partial charge in [-0.15, -0.1) is 0 Å². The lowest BCUT2D eigenvalue weighted by molar-refractivity contribution is 0.102. The molecule has 1 N–H and O–H groups in total. The fourth-order valence-electron chi connectivity index (χ4n) is 1.56. The van der Waals surface area contributed by atoms with Gasteiger partial charge in [-0.3, -0.25) is 4.79 Å². The van der Waals surface area contributed by atoms with Crippen LogP contribution in [0.4, 0.5) is 10.1 Å². The summed E-state index contributed by atoms with van der Waals surface area (Å²) in [7, 11) is 0. The van der Waals surface area contributed by atoms with Crippen LogP contribution < -0.4 is 5.32 Å². The molecule has 0 unspecified atom stereocenters. The van der Waals surface area contributed by atoms with Crippen LogP contribution in [0.5, 0.6) is 0 Å². The number of anilines is 1. The van der Waals surface area contributed by atoms with Crippen LogP contribution in [0.15, 0.2) is 30.3 Å². The van der Waals surface area contributed by atoms with Crippen LogP contribution in [0.2, 0.25) is 10.2 Å². The number of halogens is 3. The molecular weight excluding hydrogens is 290 g/mol. The number of nitrogens with one attached hydrogen (secondary N) is 1. The van der Waals surface area contributed by atoms with Gasteiger partial charge in [0.05, 0.1) is 10.7 Å². The molecular formula is C13H9Cl2FN2O. The minimum atomic E-state index is -0.599. The first-order chi connectivity index (χ1) is 8.97. The first-order valence-corrected chi connectivity index (χ1v) is 6.12. The van der Waals surface area contributed by atoms with Gasteiger partial charge in [-0.25, -0.2) is 9.37 Å². The number of carbonyl (C=O) groups excluding carboxylic acids is 1. The Kier molecular flexibility index (Phi) is 4.02. The third kappa shape index (κ3) is 3.22. The molecule has 0 radical (unpaired) electrons. The van der Waals surface area contributed by atoms with Gasteiger partial charge in [0, 0.05) is 11.3 Å². The summed E-state index contributed by atoms with van der Waals surface area (Å²) in [6, 6.07) is 7.12. The van der Waals surface area contributed by atoms with Crippen LogP contribution in [0.25, 0.3) is 0 Å². The predicted octanol–water partition coefficient (Wildman–Crippen LogP) is 4.09. The lowest BCUT2D eigenvalue weighted by atomic mass is 10.2. The quantitative estimate of drug-likeness (QED) is 0.849. The van der Waals surface area contributed by atoms with E-state index >= 15 is 0 Å². The second kappa shape index (κ2) is 5.55. The van der Waals surface area contributed by atoms with Crippen molar-refractivity contribution < 1.29 is 9.18 Å². The number of nitrogens with zero attached hydrogens (tertiary/aromatic N) is 1. The number of hydrogen-bond donors (Lipinski definition) is 1. The third-order valence-corrected chi connectivity index (χ3v) is 2.89. The van der Waals surface area contributed by atoms with E-state index in [-0.39, 0.29) is 21.4 Å². The van der Waals surface area contributed by atoms with Gasteiger partial charge in [0.15, 0.2) is 0 Å². The Bertz CT molecular complexity index is 606. The lowest BCUT2D eigenvalue weighted by Gasteiger charge is -2.08. The molecule has 2 rings (SSSR count). The van der Waals surface area contributed by atoms with Crippen molar-refractivity contribution in [2.24, 2.45) is 0 Å². The zero-order chi connectivity index (χ0) is 14.0. The van der Waals surface area contributed by atoms with Gasteiger partial charge in [0.25, 0.3) is 5.91 Å². The number of amides is 1. The van der Waals surface area contributed by atoms with Crippen molar-refractivity contribution in [2.45, 2.75) is 6.92 Å². The molecule has 0 saturated carbocycles. The summed E-state index contributed by atoms with van der Waals surface area (Å²) < 4.78 is 13.5. The zero-order valence-corrected chi connectivity index (χ0v) is 11.4. The van der Waals surface area contributed by atoms with Crippen molar-refractivity contribution in [2.75, 3.05) is 5.32 Å². The number of aryl methyl sites for hydroxylation is 1. The zero-order valence-electron chi connectivity index (χ0n) is 9.88. The molecule has 1 amide bonds. The normalized spacial score (nSPS) is 10.3. The molecule has 1 aromatic carbocycles. The Labute approximate surface area is 119 Å². The smallest absolute Gasteiger partial charge is 0.255 e. The summed E-state index contributed by atoms with van der Waals surface area (Å²) in [6.07, 6.45) is 0. The van der Waals surface area contributed by atoms with E-state index in [4.69, 9.17) is 23.2 Å². The van der Waals surface area contributed by atoms with Gasteiger partial charge in [0.2, 0.25) is 0 Å². The number of hydrogen-bond acceptors (Lipinski definition) is 2. The number of aromatic nitrogens is 1. The van der Waals surface area contributed by atoms with Crippen LogP contribution in [-0.2, 0) is 0 Å². The standard InChI is InChI=1S/C13H9Cl2FN2O/c1-7-5-8(6-11(15)17-7)13(19)18-12-9(14)3-2-4-10(12)16/h2-6H,1H3,(H,18,19). The van der Waals surface area contributed by atoms with Gasteiger partial charge in [0.1, 0.15) is 11.0 Å². The van der Waals surface area contributed by atoms with E-state index < -0.39 is 11.7 Å². The van der Waals surface area contributed by atoms with E-state index in [2.05, 4.69) is 10.3 Å². The predicted molar refractivity (Wildman–Crippen MR) is 73.3 cm³/mol. The molecule has 19 heavy (non-hydrogen) atoms. The molecule has 0 saturated heterocycles. The van der Waals surface area contributed by atoms with E-state index in [9.17, 15) is 9.18 Å². The molecule has 0 aliphatic carbocycles. The highest BCUT2D eigenvalue weighted by Crippen LogP contribution is 2.25. The minimum absolute atomic E-state index is 0.0558. The summed E-state index contributed by atoms with van der Waals surface area (Å²) in [5, 5.41) is 2.75. The number of carbonyl (C=O) groups is 1. The molecule has 2 aromatic rings. The molecule has 0 spiro atoms. The molecule has 0 aliphatic rings. The highest BCUT2D eigenvalue weighted by Gasteiger charge is 2.13. The number of pyridine rings is 1. The molecule has 3 nitrogen and oxygen atoms in total. The number of rotatable bonds is 2. The largest absolute Gasteiger partial charge is 0.318 e. The fraction of sp³-hybridized carbons (Fsp3) is 0.0769. The maximum Gasteiger partial charge on any atom is 0.255 e. The molecule has 0 atom stereocenters. The van der Waals surface area contributed by atoms with Gasteiger partial charge >= 0.3 is 0 Å². The SMILES string of the molecule is Cc1cc(C(=O)Nc2c(F)cccc2Cl)cc(Cl)n1. The van der Waals surface area contributed by atoms with Crippen molar-refractivity contribution >= 4 is 34.8 Å². The van der Waals surface area contributed by atoms with E-state index in [1.165, 1.54) is 24.3 Å². The van der Waals surface area contributed by atoms with Crippen molar-refractivity contribution in [3.8, 4) is 0 Å². The van der Waals surface area contributed by atoms with Crippen LogP contribution in [-0.4, -0.2) is 10.9 Å². The first-order valence-electron chi connectivity index (χ1n) is 5.37. The van der Waals surface area contributed by atoms with Crippen LogP contribution in [0, 0.1) is 12.7 Å². The Hall–Kier alpha value is -1.65. The second-order valence-electron chi connectivity index (χ2n) is 3.87. The Morgan fingerprint density at radius 1 is 1.32 bits per heavy atom. The van der Waals surface area contributed by atoms with Crippen molar-refractivity contribution in [1.82, 2.24) is 4.98 Å². The molecule has 0 fully saturated rings. The van der Waals surface area contributed by atoms with Crippen LogP contribution in [0.1, 0.15) is 16.1 Å². The molecule has 1 aromatic heterocycles. The van der Waals surface area contributed by atoms with E-state index in [1.54, 1.807) is 13.0 Å². The molecule has 1 heterocycles. The first kappa shape index (κ1) is 13.8. The average Bonchev–Trinajstić information content (AvgIpc) is 2.32. The summed E-state index contributed by atoms with van der Waals surface area (Å²) in [4.78, 5) is 15.9. The Balaban J connectivity index is 2.31. The summed E-state index contributed by atoms with van der Waals surface area (Å²) in [5.41, 5.74) is 0.828. The highest BCUT2D eigenvalue weighted by atomic mass is 35.5. The van der Waals surface area contributed by atoms with E-state index in [0.29, 0.717) is 5.69 Å². The van der Waals surface area contributed by atoms with Gasteiger partial charge in [-0.1, -0.05) is 29.3 Å². The number of benzene rings is 1. The van der Waals surface area contributed by atoms with E-state index in [0.717, 1.165) is 0 Å². The molecule has 6 heteroatoms. The van der Waals surface area contributed by atoms with Crippen LogP contribution >= 0.6 is 23.2 Å². The van der Waals surface area contributed by atoms with Gasteiger partial charge in [-0.2, -0.15) is 0 Å². The average molecular weight is 299 g/mol. The lowest BCUT2D eigenvalue weighted by Crippen LogP contribution is -2.14. The Morgan fingerprint density at radius 2 is 2.05 bits per heavy atom. The monoisotopic (exact) mass is 298 g/mol. The van der Waals surface area contributed by atoms with Crippen molar-refractivity contribution in [1.29, 1.82) is 0 Å². The Morgan fingerprint density at radius 3 is 2.68 bits per heavy atom. The third-order valence-electron chi connectivity index (χ3n) is 2.39. The molecule has 0 aliphatic heterocycles. The highest BCUT2D eigenvalue weighted by molar-refractivity contribution is 6.34. The summed E-state index contributed by atoms with van der Waals surface area (Å²) in [5.74, 6) is -1.10. The van der Waals surface area contributed by atoms with Gasteiger partial charge in [-0.05, 0) is 31.2 Å². The van der Waals surface area contributed by atoms with E-state index in [1.807, 2.05) is 0 Å². The topological polar surface area (TPSA) is 42.0 Å². The summed E-state index contributed by atoms with van der Waals surface area (Å²) in [6.45, 7) is 1.71. The summed E-state index contributed by atoms with van der Waals surface area (Å²) >= 11 is 11.6. The van der Waals surface area contributed by atoms with Crippen LogP contribution in [0.3, 0.4) is 0 Å². The second-order valence-corrected chi connectivity index (χ2v) is 4.67. The fourth-order valence-corrected chi connectivity index (χ4v) is 2.02. The maximum absolute atomic E-state index is 13.5. The molecule has 98 valence electrons.